The fourth-order valence-electron chi connectivity index (χ4n) is 6.63. The highest BCUT2D eigenvalue weighted by Crippen LogP contribution is 2.36. The molecule has 0 atom stereocenters. The summed E-state index contributed by atoms with van der Waals surface area (Å²) in [5.74, 6) is 0.0543. The van der Waals surface area contributed by atoms with Gasteiger partial charge < -0.3 is 16.4 Å². The lowest BCUT2D eigenvalue weighted by atomic mass is 9.90. The fourth-order valence-corrected chi connectivity index (χ4v) is 6.63. The van der Waals surface area contributed by atoms with E-state index in [1.165, 1.54) is 75.1 Å². The van der Waals surface area contributed by atoms with Gasteiger partial charge in [-0.05, 0) is 95.0 Å². The van der Waals surface area contributed by atoms with Crippen molar-refractivity contribution in [3.63, 3.8) is 0 Å². The van der Waals surface area contributed by atoms with Crippen molar-refractivity contribution in [1.29, 1.82) is 0 Å². The van der Waals surface area contributed by atoms with Gasteiger partial charge in [-0.3, -0.25) is 9.71 Å². The Bertz CT molecular complexity index is 2260. The van der Waals surface area contributed by atoms with Gasteiger partial charge >= 0.3 is 0 Å². The SMILES string of the molecule is [N-]=[N+]=NCCCNC(=O)CCCc1ccc2ccc3cccc4ccc1c2c34.[N-]=[N+]=[N-].c1cc2ccc3cccc4ccc(c1)c2c34. The first-order chi connectivity index (χ1) is 23.1. The molecule has 0 aliphatic carbocycles. The monoisotopic (exact) mass is 614 g/mol. The van der Waals surface area contributed by atoms with E-state index in [9.17, 15) is 4.79 Å². The Labute approximate surface area is 271 Å². The van der Waals surface area contributed by atoms with Crippen LogP contribution in [0.5, 0.6) is 0 Å². The standard InChI is InChI=1S/C23H22N4O.C16H10.N3/c24-27-26-15-3-14-25-21(28)7-2-4-16-8-9-19-11-10-17-5-1-6-18-12-13-20(16)23(19)22(17)18;1-3-11-7-9-13-5-2-6-14-10-8-12(4-1)15(11)16(13)14;1-3-2/h1,5-6,8-13H,2-4,7,14-15H2,(H,25,28);1-10H;/q;;-1. The van der Waals surface area contributed by atoms with Crippen molar-refractivity contribution in [2.45, 2.75) is 25.7 Å². The molecule has 0 heterocycles. The number of carbonyl (C=O) groups is 1. The third kappa shape index (κ3) is 6.51. The number of carbonyl (C=O) groups excluding carboxylic acids is 1. The lowest BCUT2D eigenvalue weighted by Gasteiger charge is -2.14. The van der Waals surface area contributed by atoms with Crippen LogP contribution in [0.2, 0.25) is 0 Å². The molecule has 0 aliphatic rings. The highest BCUT2D eigenvalue weighted by molar-refractivity contribution is 6.24. The van der Waals surface area contributed by atoms with Crippen LogP contribution in [0.3, 0.4) is 0 Å². The van der Waals surface area contributed by atoms with Crippen molar-refractivity contribution in [2.24, 2.45) is 5.11 Å². The average Bonchev–Trinajstić information content (AvgIpc) is 3.11. The highest BCUT2D eigenvalue weighted by atomic mass is 16.1. The van der Waals surface area contributed by atoms with Gasteiger partial charge in [0.25, 0.3) is 0 Å². The summed E-state index contributed by atoms with van der Waals surface area (Å²) in [6, 6.07) is 41.5. The number of hydrogen-bond acceptors (Lipinski definition) is 2. The second-order valence-electron chi connectivity index (χ2n) is 11.5. The second-order valence-corrected chi connectivity index (χ2v) is 11.5. The van der Waals surface area contributed by atoms with E-state index in [1.807, 2.05) is 0 Å². The molecule has 47 heavy (non-hydrogen) atoms. The molecule has 0 saturated carbocycles. The third-order valence-electron chi connectivity index (χ3n) is 8.68. The number of nitrogens with one attached hydrogen (secondary N) is 1. The molecule has 8 heteroatoms. The zero-order valence-electron chi connectivity index (χ0n) is 25.8. The predicted molar refractivity (Wildman–Crippen MR) is 195 cm³/mol. The number of nitrogens with zero attached hydrogens (tertiary/aromatic N) is 6. The van der Waals surface area contributed by atoms with Gasteiger partial charge in [-0.1, -0.05) is 120 Å². The van der Waals surface area contributed by atoms with Crippen LogP contribution in [0.15, 0.2) is 120 Å². The molecule has 0 fully saturated rings. The molecule has 0 radical (unpaired) electrons. The second kappa shape index (κ2) is 14.4. The van der Waals surface area contributed by atoms with Crippen LogP contribution in [0.1, 0.15) is 24.8 Å². The smallest absolute Gasteiger partial charge is 0.220 e. The molecular formula is C39H32N7O-. The Morgan fingerprint density at radius 2 is 1.00 bits per heavy atom. The maximum absolute atomic E-state index is 12.0. The van der Waals surface area contributed by atoms with Crippen molar-refractivity contribution in [3.05, 3.63) is 147 Å². The fraction of sp³-hybridized carbons (Fsp3) is 0.154. The molecule has 8 nitrogen and oxygen atoms in total. The molecule has 8 aromatic rings. The van der Waals surface area contributed by atoms with Crippen LogP contribution in [-0.4, -0.2) is 19.0 Å². The topological polar surface area (TPSA) is 137 Å². The zero-order chi connectivity index (χ0) is 32.6. The van der Waals surface area contributed by atoms with Gasteiger partial charge in [-0.25, -0.2) is 0 Å². The van der Waals surface area contributed by atoms with E-state index >= 15 is 0 Å². The lowest BCUT2D eigenvalue weighted by molar-refractivity contribution is -0.121. The van der Waals surface area contributed by atoms with Crippen molar-refractivity contribution < 1.29 is 4.79 Å². The molecule has 1 N–H and O–H groups in total. The number of amides is 1. The summed E-state index contributed by atoms with van der Waals surface area (Å²) < 4.78 is 0. The molecule has 0 aromatic heterocycles. The maximum Gasteiger partial charge on any atom is 0.220 e. The number of aryl methyl sites for hydroxylation is 1. The van der Waals surface area contributed by atoms with E-state index in [0.29, 0.717) is 25.9 Å². The summed E-state index contributed by atoms with van der Waals surface area (Å²) in [6.07, 6.45) is 2.86. The van der Waals surface area contributed by atoms with Gasteiger partial charge in [-0.15, -0.1) is 0 Å². The van der Waals surface area contributed by atoms with Crippen LogP contribution < -0.4 is 5.32 Å². The summed E-state index contributed by atoms with van der Waals surface area (Å²) in [5, 5.41) is 22.2. The van der Waals surface area contributed by atoms with Crippen molar-refractivity contribution in [3.8, 4) is 0 Å². The number of rotatable bonds is 8. The summed E-state index contributed by atoms with van der Waals surface area (Å²) in [4.78, 5) is 16.2. The molecule has 230 valence electrons. The molecule has 8 aromatic carbocycles. The van der Waals surface area contributed by atoms with Crippen LogP contribution in [0.25, 0.3) is 91.1 Å². The van der Waals surface area contributed by atoms with Gasteiger partial charge in [0, 0.05) is 24.4 Å². The molecule has 0 spiro atoms. The van der Waals surface area contributed by atoms with Gasteiger partial charge in [0.2, 0.25) is 5.91 Å². The molecule has 0 saturated heterocycles. The quantitative estimate of drug-likeness (QED) is 0.0588. The number of hydrogen-bond donors (Lipinski definition) is 1. The summed E-state index contributed by atoms with van der Waals surface area (Å²) in [5.41, 5.74) is 23.0. The number of benzene rings is 8. The molecule has 1 amide bonds. The van der Waals surface area contributed by atoms with E-state index in [1.54, 1.807) is 0 Å². The average molecular weight is 615 g/mol. The molecule has 0 unspecified atom stereocenters. The van der Waals surface area contributed by atoms with Crippen LogP contribution >= 0.6 is 0 Å². The summed E-state index contributed by atoms with van der Waals surface area (Å²) >= 11 is 0. The lowest BCUT2D eigenvalue weighted by Crippen LogP contribution is -2.24. The minimum atomic E-state index is 0.0543. The molecule has 0 bridgehead atoms. The Morgan fingerprint density at radius 1 is 0.574 bits per heavy atom. The maximum atomic E-state index is 12.0. The first-order valence-corrected chi connectivity index (χ1v) is 15.7. The van der Waals surface area contributed by atoms with E-state index in [4.69, 9.17) is 16.6 Å². The highest BCUT2D eigenvalue weighted by Gasteiger charge is 2.11. The van der Waals surface area contributed by atoms with E-state index in [-0.39, 0.29) is 5.91 Å². The van der Waals surface area contributed by atoms with E-state index in [0.717, 1.165) is 12.8 Å². The third-order valence-corrected chi connectivity index (χ3v) is 8.68. The normalized spacial score (nSPS) is 10.8. The first kappa shape index (κ1) is 30.9. The van der Waals surface area contributed by atoms with E-state index < -0.39 is 0 Å². The van der Waals surface area contributed by atoms with Crippen molar-refractivity contribution >= 4 is 70.5 Å². The van der Waals surface area contributed by atoms with Gasteiger partial charge in [0.05, 0.1) is 0 Å². The van der Waals surface area contributed by atoms with Crippen molar-refractivity contribution in [2.75, 3.05) is 13.1 Å². The molecular weight excluding hydrogens is 582 g/mol. The molecule has 0 aliphatic heterocycles. The Hall–Kier alpha value is -6.07. The Balaban J connectivity index is 0.000000170. The van der Waals surface area contributed by atoms with Crippen LogP contribution in [0.4, 0.5) is 0 Å². The summed E-state index contributed by atoms with van der Waals surface area (Å²) in [6.45, 7) is 0.968. The van der Waals surface area contributed by atoms with Crippen molar-refractivity contribution in [1.82, 2.24) is 5.32 Å². The minimum absolute atomic E-state index is 0.0543. The zero-order valence-corrected chi connectivity index (χ0v) is 25.8. The van der Waals surface area contributed by atoms with Gasteiger partial charge in [0.15, 0.2) is 0 Å². The Kier molecular flexibility index (Phi) is 9.45. The first-order valence-electron chi connectivity index (χ1n) is 15.7. The van der Waals surface area contributed by atoms with E-state index in [2.05, 4.69) is 131 Å². The van der Waals surface area contributed by atoms with Crippen LogP contribution in [-0.2, 0) is 11.2 Å². The largest absolute Gasteiger partial charge is 0.373 e. The summed E-state index contributed by atoms with van der Waals surface area (Å²) in [7, 11) is 0. The number of azide groups is 1. The van der Waals surface area contributed by atoms with Gasteiger partial charge in [-0.2, -0.15) is 0 Å². The molecule has 8 rings (SSSR count). The Morgan fingerprint density at radius 3 is 1.49 bits per heavy atom. The van der Waals surface area contributed by atoms with Gasteiger partial charge in [0.1, 0.15) is 0 Å². The predicted octanol–water partition coefficient (Wildman–Crippen LogP) is 11.2. The minimum Gasteiger partial charge on any atom is -0.373 e. The van der Waals surface area contributed by atoms with Crippen LogP contribution in [0, 0.1) is 0 Å².